The molecule has 0 fully saturated rings. The fraction of sp³-hybridized carbons (Fsp3) is 0.714. The Labute approximate surface area is 71.2 Å². The molecule has 0 amide bonds. The van der Waals surface area contributed by atoms with E-state index >= 15 is 0 Å². The Kier molecular flexibility index (Phi) is 5.75. The molecule has 0 aromatic rings. The van der Waals surface area contributed by atoms with E-state index in [1.807, 2.05) is 0 Å². The van der Waals surface area contributed by atoms with Crippen molar-refractivity contribution in [2.24, 2.45) is 5.73 Å². The highest BCUT2D eigenvalue weighted by Gasteiger charge is 2.14. The van der Waals surface area contributed by atoms with E-state index in [9.17, 15) is 4.79 Å². The van der Waals surface area contributed by atoms with Gasteiger partial charge in [0.05, 0.1) is 0 Å². The Morgan fingerprint density at radius 1 is 1.67 bits per heavy atom. The van der Waals surface area contributed by atoms with Crippen LogP contribution in [-0.4, -0.2) is 23.7 Å². The second-order valence-corrected chi connectivity index (χ2v) is 2.43. The maximum atomic E-state index is 10.4. The number of aliphatic carboxylic acids is 1. The van der Waals surface area contributed by atoms with E-state index in [0.717, 1.165) is 12.8 Å². The van der Waals surface area contributed by atoms with Gasteiger partial charge >= 0.3 is 5.97 Å². The molecule has 0 aliphatic rings. The first-order valence-electron chi connectivity index (χ1n) is 3.80. The third kappa shape index (κ3) is 4.52. The minimum Gasteiger partial charge on any atom is -0.480 e. The second-order valence-electron chi connectivity index (χ2n) is 2.43. The monoisotopic (exact) mass is 171 g/mol. The van der Waals surface area contributed by atoms with E-state index in [2.05, 4.69) is 5.32 Å². The predicted molar refractivity (Wildman–Crippen MR) is 43.1 cm³/mol. The zero-order valence-corrected chi connectivity index (χ0v) is 6.79. The van der Waals surface area contributed by atoms with Crippen LogP contribution in [0.15, 0.2) is 0 Å². The lowest BCUT2D eigenvalue weighted by molar-refractivity contribution is -0.139. The molecule has 5 nitrogen and oxygen atoms in total. The minimum absolute atomic E-state index is 0.445. The number of nitrogens with two attached hydrogens (primary N) is 1. The number of carbonyl (C=O) groups is 1. The van der Waals surface area contributed by atoms with Gasteiger partial charge in [0.25, 0.3) is 0 Å². The minimum atomic E-state index is -0.992. The van der Waals surface area contributed by atoms with E-state index in [4.69, 9.17) is 16.1 Å². The van der Waals surface area contributed by atoms with Gasteiger partial charge in [-0.25, -0.2) is 4.79 Å². The van der Waals surface area contributed by atoms with Gasteiger partial charge in [0.2, 0.25) is 0 Å². The molecule has 0 rings (SSSR count). The van der Waals surface area contributed by atoms with Gasteiger partial charge in [0, 0.05) is 0 Å². The van der Waals surface area contributed by atoms with Crippen LogP contribution in [-0.2, 0) is 4.79 Å². The van der Waals surface area contributed by atoms with Gasteiger partial charge in [0.1, 0.15) is 6.04 Å². The van der Waals surface area contributed by atoms with Gasteiger partial charge in [-0.1, -0.05) is 0 Å². The number of nitriles is 1. The molecule has 12 heavy (non-hydrogen) atoms. The van der Waals surface area contributed by atoms with Crippen molar-refractivity contribution in [2.75, 3.05) is 6.54 Å². The van der Waals surface area contributed by atoms with Gasteiger partial charge in [0.15, 0.2) is 6.19 Å². The van der Waals surface area contributed by atoms with Crippen molar-refractivity contribution >= 4 is 5.97 Å². The Morgan fingerprint density at radius 3 is 2.75 bits per heavy atom. The summed E-state index contributed by atoms with van der Waals surface area (Å²) in [6.45, 7) is 0.554. The van der Waals surface area contributed by atoms with Gasteiger partial charge in [-0.3, -0.25) is 0 Å². The van der Waals surface area contributed by atoms with Crippen LogP contribution in [0.3, 0.4) is 0 Å². The van der Waals surface area contributed by atoms with E-state index in [0.29, 0.717) is 13.0 Å². The molecule has 4 N–H and O–H groups in total. The first kappa shape index (κ1) is 10.7. The zero-order valence-electron chi connectivity index (χ0n) is 6.79. The quantitative estimate of drug-likeness (QED) is 0.288. The summed E-state index contributed by atoms with van der Waals surface area (Å²) in [5.41, 5.74) is 5.23. The van der Waals surface area contributed by atoms with Crippen molar-refractivity contribution in [3.8, 4) is 6.19 Å². The molecule has 1 unspecified atom stereocenters. The first-order chi connectivity index (χ1) is 5.72. The molecule has 0 radical (unpaired) electrons. The van der Waals surface area contributed by atoms with Crippen molar-refractivity contribution in [1.29, 1.82) is 5.26 Å². The predicted octanol–water partition coefficient (Wildman–Crippen LogP) is -0.361. The third-order valence-corrected chi connectivity index (χ3v) is 1.48. The highest BCUT2D eigenvalue weighted by Crippen LogP contribution is 1.99. The summed E-state index contributed by atoms with van der Waals surface area (Å²) in [5.74, 6) is -0.992. The Bertz CT molecular complexity index is 176. The molecular weight excluding hydrogens is 158 g/mol. The number of carboxylic acid groups (broad SMARTS) is 1. The zero-order chi connectivity index (χ0) is 9.40. The molecule has 0 saturated heterocycles. The fourth-order valence-corrected chi connectivity index (χ4v) is 0.828. The number of nitrogens with one attached hydrogen (secondary N) is 1. The van der Waals surface area contributed by atoms with Crippen molar-refractivity contribution in [1.82, 2.24) is 5.32 Å². The fourth-order valence-electron chi connectivity index (χ4n) is 0.828. The van der Waals surface area contributed by atoms with Crippen molar-refractivity contribution in [3.05, 3.63) is 0 Å². The molecule has 0 spiro atoms. The highest BCUT2D eigenvalue weighted by atomic mass is 16.4. The molecule has 0 aromatic heterocycles. The van der Waals surface area contributed by atoms with Crippen LogP contribution < -0.4 is 11.1 Å². The largest absolute Gasteiger partial charge is 0.480 e. The van der Waals surface area contributed by atoms with E-state index < -0.39 is 12.0 Å². The summed E-state index contributed by atoms with van der Waals surface area (Å²) in [4.78, 5) is 10.4. The Balaban J connectivity index is 3.65. The maximum Gasteiger partial charge on any atom is 0.326 e. The van der Waals surface area contributed by atoms with Crippen LogP contribution in [0.2, 0.25) is 0 Å². The number of rotatable bonds is 6. The lowest BCUT2D eigenvalue weighted by Crippen LogP contribution is -2.33. The smallest absolute Gasteiger partial charge is 0.326 e. The highest BCUT2D eigenvalue weighted by molar-refractivity contribution is 5.73. The van der Waals surface area contributed by atoms with Gasteiger partial charge in [-0.05, 0) is 25.8 Å². The number of unbranched alkanes of at least 4 members (excludes halogenated alkanes) is 1. The molecule has 0 saturated carbocycles. The third-order valence-electron chi connectivity index (χ3n) is 1.48. The summed E-state index contributed by atoms with van der Waals surface area (Å²) in [6.07, 6.45) is 3.57. The Hall–Kier alpha value is -1.28. The number of carboxylic acids is 1. The van der Waals surface area contributed by atoms with Crippen molar-refractivity contribution in [3.63, 3.8) is 0 Å². The topological polar surface area (TPSA) is 99.1 Å². The van der Waals surface area contributed by atoms with Gasteiger partial charge in [-0.15, -0.1) is 0 Å². The first-order valence-corrected chi connectivity index (χ1v) is 3.80. The molecule has 0 heterocycles. The number of nitrogens with zero attached hydrogens (tertiary/aromatic N) is 1. The van der Waals surface area contributed by atoms with Crippen LogP contribution in [0.1, 0.15) is 19.3 Å². The van der Waals surface area contributed by atoms with Gasteiger partial charge < -0.3 is 16.2 Å². The summed E-state index contributed by atoms with van der Waals surface area (Å²) in [6, 6.07) is -0.762. The maximum absolute atomic E-state index is 10.4. The average Bonchev–Trinajstić information content (AvgIpc) is 2.03. The van der Waals surface area contributed by atoms with Crippen molar-refractivity contribution < 1.29 is 9.90 Å². The summed E-state index contributed by atoms with van der Waals surface area (Å²) in [5, 5.41) is 19.0. The second kappa shape index (κ2) is 6.43. The molecule has 0 aliphatic carbocycles. The standard InChI is InChI=1S/C7H13N3O2/c8-4-2-1-3-6(7(11)12)10-5-9/h6,10H,1-4,8H2,(H,11,12). The van der Waals surface area contributed by atoms with Crippen LogP contribution in [0, 0.1) is 11.5 Å². The van der Waals surface area contributed by atoms with E-state index in [1.165, 1.54) is 0 Å². The van der Waals surface area contributed by atoms with Crippen LogP contribution in [0.4, 0.5) is 0 Å². The number of hydrogen-bond donors (Lipinski definition) is 3. The number of hydrogen-bond acceptors (Lipinski definition) is 4. The van der Waals surface area contributed by atoms with E-state index in [-0.39, 0.29) is 0 Å². The normalized spacial score (nSPS) is 11.7. The molecule has 68 valence electrons. The van der Waals surface area contributed by atoms with E-state index in [1.54, 1.807) is 6.19 Å². The van der Waals surface area contributed by atoms with Gasteiger partial charge in [-0.2, -0.15) is 5.26 Å². The molecule has 1 atom stereocenters. The molecule has 0 bridgehead atoms. The Morgan fingerprint density at radius 2 is 2.33 bits per heavy atom. The molecule has 5 heteroatoms. The average molecular weight is 171 g/mol. The molecular formula is C7H13N3O2. The summed E-state index contributed by atoms with van der Waals surface area (Å²) in [7, 11) is 0. The van der Waals surface area contributed by atoms with Crippen LogP contribution in [0.5, 0.6) is 0 Å². The summed E-state index contributed by atoms with van der Waals surface area (Å²) >= 11 is 0. The summed E-state index contributed by atoms with van der Waals surface area (Å²) < 4.78 is 0. The SMILES string of the molecule is N#CNC(CCCCN)C(=O)O. The van der Waals surface area contributed by atoms with Crippen molar-refractivity contribution in [2.45, 2.75) is 25.3 Å². The lowest BCUT2D eigenvalue weighted by atomic mass is 10.1. The van der Waals surface area contributed by atoms with Crippen LogP contribution in [0.25, 0.3) is 0 Å². The lowest BCUT2D eigenvalue weighted by Gasteiger charge is -2.08. The molecule has 0 aliphatic heterocycles. The molecule has 0 aromatic carbocycles. The van der Waals surface area contributed by atoms with Crippen LogP contribution >= 0.6 is 0 Å².